The topological polar surface area (TPSA) is 68.3 Å². The number of hydrogen-bond donors (Lipinski definition) is 1. The first-order chi connectivity index (χ1) is 13.4. The standard InChI is InChI=1S/C22H22N2O3S/c1-13-9-8-10-14(2)18(13)24-21(25)15(3)27-22(26)20-19(23-16(4)28-20)17-11-6-5-7-12-17/h5-12,15H,1-4H3,(H,24,25)/t15-/m1/s1. The van der Waals surface area contributed by atoms with Crippen LogP contribution in [0.1, 0.15) is 32.7 Å². The molecule has 5 nitrogen and oxygen atoms in total. The summed E-state index contributed by atoms with van der Waals surface area (Å²) in [6, 6.07) is 15.2. The third kappa shape index (κ3) is 4.28. The van der Waals surface area contributed by atoms with Crippen LogP contribution in [0.2, 0.25) is 0 Å². The maximum Gasteiger partial charge on any atom is 0.351 e. The number of nitrogens with zero attached hydrogens (tertiary/aromatic N) is 1. The minimum Gasteiger partial charge on any atom is -0.448 e. The highest BCUT2D eigenvalue weighted by Crippen LogP contribution is 2.29. The van der Waals surface area contributed by atoms with E-state index in [2.05, 4.69) is 10.3 Å². The van der Waals surface area contributed by atoms with Gasteiger partial charge in [0.15, 0.2) is 6.10 Å². The monoisotopic (exact) mass is 394 g/mol. The molecule has 0 aliphatic rings. The first kappa shape index (κ1) is 19.8. The van der Waals surface area contributed by atoms with Crippen molar-refractivity contribution in [3.63, 3.8) is 0 Å². The molecule has 0 fully saturated rings. The summed E-state index contributed by atoms with van der Waals surface area (Å²) in [7, 11) is 0. The number of amides is 1. The lowest BCUT2D eigenvalue weighted by molar-refractivity contribution is -0.123. The molecule has 1 N–H and O–H groups in total. The van der Waals surface area contributed by atoms with E-state index in [1.807, 2.05) is 69.3 Å². The van der Waals surface area contributed by atoms with Crippen LogP contribution in [0.4, 0.5) is 5.69 Å². The van der Waals surface area contributed by atoms with Crippen molar-refractivity contribution in [2.24, 2.45) is 0 Å². The van der Waals surface area contributed by atoms with E-state index in [1.165, 1.54) is 11.3 Å². The molecular formula is C22H22N2O3S. The van der Waals surface area contributed by atoms with Crippen LogP contribution in [-0.4, -0.2) is 23.0 Å². The van der Waals surface area contributed by atoms with Gasteiger partial charge in [0.05, 0.1) is 10.7 Å². The first-order valence-electron chi connectivity index (χ1n) is 8.97. The van der Waals surface area contributed by atoms with Crippen molar-refractivity contribution in [2.75, 3.05) is 5.32 Å². The number of carbonyl (C=O) groups excluding carboxylic acids is 2. The van der Waals surface area contributed by atoms with Crippen molar-refractivity contribution in [2.45, 2.75) is 33.8 Å². The fourth-order valence-corrected chi connectivity index (χ4v) is 3.69. The summed E-state index contributed by atoms with van der Waals surface area (Å²) in [5.74, 6) is -0.915. The summed E-state index contributed by atoms with van der Waals surface area (Å²) in [5.41, 5.74) is 4.07. The van der Waals surface area contributed by atoms with Crippen LogP contribution in [0.15, 0.2) is 48.5 Å². The maximum absolute atomic E-state index is 12.7. The number of aryl methyl sites for hydroxylation is 3. The Labute approximate surface area is 168 Å². The molecule has 6 heteroatoms. The number of benzene rings is 2. The van der Waals surface area contributed by atoms with Gasteiger partial charge in [-0.3, -0.25) is 4.79 Å². The fraction of sp³-hybridized carbons (Fsp3) is 0.227. The summed E-state index contributed by atoms with van der Waals surface area (Å²) >= 11 is 1.26. The van der Waals surface area contributed by atoms with Gasteiger partial charge in [-0.15, -0.1) is 11.3 Å². The van der Waals surface area contributed by atoms with Crippen LogP contribution in [0.25, 0.3) is 11.3 Å². The molecule has 0 aliphatic heterocycles. The number of anilines is 1. The van der Waals surface area contributed by atoms with E-state index in [1.54, 1.807) is 6.92 Å². The number of hydrogen-bond acceptors (Lipinski definition) is 5. The predicted octanol–water partition coefficient (Wildman–Crippen LogP) is 4.92. The van der Waals surface area contributed by atoms with Gasteiger partial charge in [0.2, 0.25) is 0 Å². The third-order valence-electron chi connectivity index (χ3n) is 4.35. The second-order valence-electron chi connectivity index (χ2n) is 6.58. The maximum atomic E-state index is 12.7. The Kier molecular flexibility index (Phi) is 5.90. The van der Waals surface area contributed by atoms with Gasteiger partial charge in [0, 0.05) is 11.3 Å². The van der Waals surface area contributed by atoms with Crippen LogP contribution in [-0.2, 0) is 9.53 Å². The number of esters is 1. The predicted molar refractivity (Wildman–Crippen MR) is 112 cm³/mol. The quantitative estimate of drug-likeness (QED) is 0.624. The first-order valence-corrected chi connectivity index (χ1v) is 9.79. The molecule has 0 saturated heterocycles. The van der Waals surface area contributed by atoms with E-state index in [4.69, 9.17) is 4.74 Å². The van der Waals surface area contributed by atoms with Gasteiger partial charge in [-0.2, -0.15) is 0 Å². The summed E-state index contributed by atoms with van der Waals surface area (Å²) < 4.78 is 5.45. The SMILES string of the molecule is Cc1nc(-c2ccccc2)c(C(=O)O[C@H](C)C(=O)Nc2c(C)cccc2C)s1. The second-order valence-corrected chi connectivity index (χ2v) is 7.78. The van der Waals surface area contributed by atoms with E-state index < -0.39 is 12.1 Å². The number of thiazole rings is 1. The summed E-state index contributed by atoms with van der Waals surface area (Å²) in [4.78, 5) is 30.1. The summed E-state index contributed by atoms with van der Waals surface area (Å²) in [6.45, 7) is 7.25. The Morgan fingerprint density at radius 1 is 1.00 bits per heavy atom. The van der Waals surface area contributed by atoms with Crippen LogP contribution in [0, 0.1) is 20.8 Å². The summed E-state index contributed by atoms with van der Waals surface area (Å²) in [5, 5.41) is 3.62. The molecule has 0 radical (unpaired) electrons. The third-order valence-corrected chi connectivity index (χ3v) is 5.30. The lowest BCUT2D eigenvalue weighted by Crippen LogP contribution is -2.30. The van der Waals surface area contributed by atoms with E-state index >= 15 is 0 Å². The highest BCUT2D eigenvalue weighted by molar-refractivity contribution is 7.14. The molecule has 0 unspecified atom stereocenters. The number of rotatable bonds is 5. The normalized spacial score (nSPS) is 11.7. The van der Waals surface area contributed by atoms with Gasteiger partial charge in [0.25, 0.3) is 5.91 Å². The van der Waals surface area contributed by atoms with Crippen LogP contribution >= 0.6 is 11.3 Å². The van der Waals surface area contributed by atoms with E-state index in [9.17, 15) is 9.59 Å². The minimum atomic E-state index is -0.933. The van der Waals surface area contributed by atoms with E-state index in [-0.39, 0.29) is 5.91 Å². The van der Waals surface area contributed by atoms with Crippen molar-refractivity contribution in [3.8, 4) is 11.3 Å². The molecule has 28 heavy (non-hydrogen) atoms. The van der Waals surface area contributed by atoms with Crippen LogP contribution in [0.3, 0.4) is 0 Å². The van der Waals surface area contributed by atoms with Crippen LogP contribution < -0.4 is 5.32 Å². The fourth-order valence-electron chi connectivity index (χ4n) is 2.86. The van der Waals surface area contributed by atoms with E-state index in [0.717, 1.165) is 27.4 Å². The zero-order valence-corrected chi connectivity index (χ0v) is 17.1. The molecule has 0 aliphatic carbocycles. The number of nitrogens with one attached hydrogen (secondary N) is 1. The van der Waals surface area contributed by atoms with Gasteiger partial charge in [-0.1, -0.05) is 48.5 Å². The van der Waals surface area contributed by atoms with Gasteiger partial charge < -0.3 is 10.1 Å². The molecule has 1 heterocycles. The van der Waals surface area contributed by atoms with Crippen molar-refractivity contribution in [1.82, 2.24) is 4.98 Å². The molecule has 144 valence electrons. The molecule has 3 aromatic rings. The van der Waals surface area contributed by atoms with Crippen molar-refractivity contribution in [3.05, 3.63) is 69.5 Å². The molecular weight excluding hydrogens is 372 g/mol. The Morgan fingerprint density at radius 2 is 1.64 bits per heavy atom. The van der Waals surface area contributed by atoms with Gasteiger partial charge >= 0.3 is 5.97 Å². The molecule has 0 spiro atoms. The van der Waals surface area contributed by atoms with E-state index in [0.29, 0.717) is 10.6 Å². The van der Waals surface area contributed by atoms with Crippen LogP contribution in [0.5, 0.6) is 0 Å². The van der Waals surface area contributed by atoms with Crippen molar-refractivity contribution >= 4 is 28.9 Å². The smallest absolute Gasteiger partial charge is 0.351 e. The van der Waals surface area contributed by atoms with Crippen molar-refractivity contribution in [1.29, 1.82) is 0 Å². The second kappa shape index (κ2) is 8.35. The molecule has 1 atom stereocenters. The van der Waals surface area contributed by atoms with Gasteiger partial charge in [-0.25, -0.2) is 9.78 Å². The molecule has 0 bridgehead atoms. The lowest BCUT2D eigenvalue weighted by Gasteiger charge is -2.16. The number of ether oxygens (including phenoxy) is 1. The van der Waals surface area contributed by atoms with Gasteiger partial charge in [0.1, 0.15) is 4.88 Å². The largest absolute Gasteiger partial charge is 0.448 e. The highest BCUT2D eigenvalue weighted by Gasteiger charge is 2.24. The number of carbonyl (C=O) groups is 2. The Hall–Kier alpha value is -2.99. The Balaban J connectivity index is 1.75. The molecule has 1 aromatic heterocycles. The highest BCUT2D eigenvalue weighted by atomic mass is 32.1. The Bertz CT molecular complexity index is 992. The number of para-hydroxylation sites is 1. The lowest BCUT2D eigenvalue weighted by atomic mass is 10.1. The molecule has 3 rings (SSSR count). The number of aromatic nitrogens is 1. The average Bonchev–Trinajstić information content (AvgIpc) is 3.07. The minimum absolute atomic E-state index is 0.367. The molecule has 1 amide bonds. The average molecular weight is 394 g/mol. The molecule has 2 aromatic carbocycles. The zero-order chi connectivity index (χ0) is 20.3. The van der Waals surface area contributed by atoms with Gasteiger partial charge in [-0.05, 0) is 38.8 Å². The van der Waals surface area contributed by atoms with Crippen molar-refractivity contribution < 1.29 is 14.3 Å². The zero-order valence-electron chi connectivity index (χ0n) is 16.3. The molecule has 0 saturated carbocycles. The summed E-state index contributed by atoms with van der Waals surface area (Å²) in [6.07, 6.45) is -0.933. The Morgan fingerprint density at radius 3 is 2.29 bits per heavy atom.